The largest absolute Gasteiger partial charge is 0.459 e. The van der Waals surface area contributed by atoms with Crippen molar-refractivity contribution in [3.8, 4) is 10.7 Å². The molecule has 4 aromatic heterocycles. The highest BCUT2D eigenvalue weighted by Crippen LogP contribution is 2.21. The van der Waals surface area contributed by atoms with E-state index in [2.05, 4.69) is 15.1 Å². The van der Waals surface area contributed by atoms with Gasteiger partial charge in [0.15, 0.2) is 0 Å². The molecule has 28 heavy (non-hydrogen) atoms. The van der Waals surface area contributed by atoms with Gasteiger partial charge in [0.2, 0.25) is 11.7 Å². The van der Waals surface area contributed by atoms with Crippen LogP contribution in [0.5, 0.6) is 0 Å². The molecule has 0 aliphatic carbocycles. The van der Waals surface area contributed by atoms with Gasteiger partial charge in [-0.25, -0.2) is 4.98 Å². The van der Waals surface area contributed by atoms with E-state index in [1.54, 1.807) is 12.3 Å². The summed E-state index contributed by atoms with van der Waals surface area (Å²) in [6.07, 6.45) is 2.09. The smallest absolute Gasteiger partial charge is 0.306 e. The number of aromatic nitrogens is 4. The number of rotatable bonds is 6. The molecule has 0 saturated heterocycles. The Morgan fingerprint density at radius 2 is 2.18 bits per heavy atom. The first-order valence-electron chi connectivity index (χ1n) is 8.59. The maximum Gasteiger partial charge on any atom is 0.306 e. The molecule has 9 heteroatoms. The SMILES string of the molecule is Cc1ccc2nc(COC(=O)CCc3nc(-c4cccs4)no3)cc(=O)n2c1. The molecule has 0 N–H and O–H groups in total. The predicted molar refractivity (Wildman–Crippen MR) is 102 cm³/mol. The lowest BCUT2D eigenvalue weighted by Crippen LogP contribution is -2.17. The maximum absolute atomic E-state index is 12.2. The summed E-state index contributed by atoms with van der Waals surface area (Å²) in [5.74, 6) is 0.453. The second-order valence-electron chi connectivity index (χ2n) is 6.17. The number of pyridine rings is 1. The average Bonchev–Trinajstić information content (AvgIpc) is 3.37. The van der Waals surface area contributed by atoms with Crippen molar-refractivity contribution in [3.63, 3.8) is 0 Å². The van der Waals surface area contributed by atoms with Crippen molar-refractivity contribution in [1.29, 1.82) is 0 Å². The molecule has 4 heterocycles. The summed E-state index contributed by atoms with van der Waals surface area (Å²) in [6.45, 7) is 1.83. The van der Waals surface area contributed by atoms with Crippen LogP contribution in [-0.4, -0.2) is 25.5 Å². The molecule has 0 amide bonds. The fraction of sp³-hybridized carbons (Fsp3) is 0.211. The third kappa shape index (κ3) is 3.99. The fourth-order valence-electron chi connectivity index (χ4n) is 2.63. The Morgan fingerprint density at radius 1 is 1.29 bits per heavy atom. The van der Waals surface area contributed by atoms with Gasteiger partial charge in [0, 0.05) is 18.7 Å². The van der Waals surface area contributed by atoms with Crippen molar-refractivity contribution in [2.75, 3.05) is 0 Å². The van der Waals surface area contributed by atoms with Crippen LogP contribution in [0.15, 0.2) is 51.2 Å². The highest BCUT2D eigenvalue weighted by atomic mass is 32.1. The number of ether oxygens (including phenoxy) is 1. The molecule has 0 unspecified atom stereocenters. The van der Waals surface area contributed by atoms with Crippen LogP contribution in [0.1, 0.15) is 23.6 Å². The first kappa shape index (κ1) is 18.1. The normalized spacial score (nSPS) is 11.0. The van der Waals surface area contributed by atoms with Crippen molar-refractivity contribution in [2.45, 2.75) is 26.4 Å². The first-order chi connectivity index (χ1) is 13.6. The van der Waals surface area contributed by atoms with Crippen molar-refractivity contribution in [2.24, 2.45) is 0 Å². The highest BCUT2D eigenvalue weighted by molar-refractivity contribution is 7.13. The fourth-order valence-corrected chi connectivity index (χ4v) is 3.28. The lowest BCUT2D eigenvalue weighted by molar-refractivity contribution is -0.145. The van der Waals surface area contributed by atoms with Gasteiger partial charge in [0.05, 0.1) is 17.0 Å². The number of nitrogens with zero attached hydrogens (tertiary/aromatic N) is 4. The summed E-state index contributed by atoms with van der Waals surface area (Å²) in [5, 5.41) is 5.83. The number of carbonyl (C=O) groups is 1. The van der Waals surface area contributed by atoms with Crippen molar-refractivity contribution in [1.82, 2.24) is 19.5 Å². The molecule has 0 fully saturated rings. The Kier molecular flexibility index (Phi) is 4.98. The average molecular weight is 396 g/mol. The second kappa shape index (κ2) is 7.73. The minimum absolute atomic E-state index is 0.0667. The van der Waals surface area contributed by atoms with E-state index < -0.39 is 5.97 Å². The number of carbonyl (C=O) groups excluding carboxylic acids is 1. The van der Waals surface area contributed by atoms with Crippen molar-refractivity contribution >= 4 is 23.0 Å². The second-order valence-corrected chi connectivity index (χ2v) is 7.12. The molecule has 0 bridgehead atoms. The lowest BCUT2D eigenvalue weighted by atomic mass is 10.3. The Hall–Kier alpha value is -3.33. The Labute approximate surface area is 163 Å². The van der Waals surface area contributed by atoms with Crippen LogP contribution in [0, 0.1) is 6.92 Å². The van der Waals surface area contributed by atoms with E-state index in [1.165, 1.54) is 21.8 Å². The molecule has 0 aliphatic rings. The number of aryl methyl sites for hydroxylation is 2. The third-order valence-electron chi connectivity index (χ3n) is 3.99. The van der Waals surface area contributed by atoms with E-state index in [0.717, 1.165) is 10.4 Å². The molecule has 0 saturated carbocycles. The van der Waals surface area contributed by atoms with Gasteiger partial charge >= 0.3 is 5.97 Å². The van der Waals surface area contributed by atoms with Gasteiger partial charge in [-0.15, -0.1) is 11.3 Å². The molecule has 0 aromatic carbocycles. The topological polar surface area (TPSA) is 99.6 Å². The van der Waals surface area contributed by atoms with E-state index >= 15 is 0 Å². The summed E-state index contributed by atoms with van der Waals surface area (Å²) in [5.41, 5.74) is 1.65. The number of fused-ring (bicyclic) bond motifs is 1. The zero-order valence-corrected chi connectivity index (χ0v) is 15.8. The molecule has 8 nitrogen and oxygen atoms in total. The maximum atomic E-state index is 12.2. The Bertz CT molecular complexity index is 1180. The van der Waals surface area contributed by atoms with Crippen LogP contribution in [-0.2, 0) is 22.6 Å². The van der Waals surface area contributed by atoms with Gasteiger partial charge in [0.1, 0.15) is 12.3 Å². The zero-order chi connectivity index (χ0) is 19.5. The first-order valence-corrected chi connectivity index (χ1v) is 9.47. The van der Waals surface area contributed by atoms with E-state index in [-0.39, 0.29) is 25.0 Å². The molecule has 4 rings (SSSR count). The monoisotopic (exact) mass is 396 g/mol. The van der Waals surface area contributed by atoms with Gasteiger partial charge in [-0.2, -0.15) is 4.98 Å². The van der Waals surface area contributed by atoms with Gasteiger partial charge in [-0.1, -0.05) is 17.3 Å². The molecule has 0 aliphatic heterocycles. The van der Waals surface area contributed by atoms with Crippen molar-refractivity contribution < 1.29 is 14.1 Å². The van der Waals surface area contributed by atoms with Crippen LogP contribution in [0.4, 0.5) is 0 Å². The molecular formula is C19H16N4O4S. The quantitative estimate of drug-likeness (QED) is 0.462. The van der Waals surface area contributed by atoms with Gasteiger partial charge in [0.25, 0.3) is 5.56 Å². The number of thiophene rings is 1. The summed E-state index contributed by atoms with van der Waals surface area (Å²) >= 11 is 1.51. The molecule has 0 atom stereocenters. The Morgan fingerprint density at radius 3 is 3.00 bits per heavy atom. The van der Waals surface area contributed by atoms with Crippen LogP contribution in [0.2, 0.25) is 0 Å². The minimum atomic E-state index is -0.429. The van der Waals surface area contributed by atoms with Crippen LogP contribution < -0.4 is 5.56 Å². The van der Waals surface area contributed by atoms with Crippen molar-refractivity contribution in [3.05, 3.63) is 69.4 Å². The standard InChI is InChI=1S/C19H16N4O4S/c1-12-4-5-15-20-13(9-17(24)23(15)10-12)11-26-18(25)7-6-16-21-19(22-27-16)14-3-2-8-28-14/h2-5,8-10H,6-7,11H2,1H3. The third-order valence-corrected chi connectivity index (χ3v) is 4.86. The number of hydrogen-bond acceptors (Lipinski definition) is 8. The van der Waals surface area contributed by atoms with Gasteiger partial charge < -0.3 is 9.26 Å². The molecule has 0 spiro atoms. The molecule has 0 radical (unpaired) electrons. The minimum Gasteiger partial charge on any atom is -0.459 e. The molecular weight excluding hydrogens is 380 g/mol. The van der Waals surface area contributed by atoms with E-state index in [9.17, 15) is 9.59 Å². The van der Waals surface area contributed by atoms with E-state index in [1.807, 2.05) is 30.5 Å². The Balaban J connectivity index is 1.34. The summed E-state index contributed by atoms with van der Waals surface area (Å²) in [6, 6.07) is 8.79. The van der Waals surface area contributed by atoms with E-state index in [0.29, 0.717) is 23.1 Å². The molecule has 142 valence electrons. The summed E-state index contributed by atoms with van der Waals surface area (Å²) in [7, 11) is 0. The predicted octanol–water partition coefficient (Wildman–Crippen LogP) is 2.79. The van der Waals surface area contributed by atoms with Crippen LogP contribution in [0.3, 0.4) is 0 Å². The van der Waals surface area contributed by atoms with Crippen LogP contribution in [0.25, 0.3) is 16.3 Å². The van der Waals surface area contributed by atoms with E-state index in [4.69, 9.17) is 9.26 Å². The number of esters is 1. The van der Waals surface area contributed by atoms with Crippen LogP contribution >= 0.6 is 11.3 Å². The highest BCUT2D eigenvalue weighted by Gasteiger charge is 2.12. The zero-order valence-electron chi connectivity index (χ0n) is 15.0. The summed E-state index contributed by atoms with van der Waals surface area (Å²) in [4.78, 5) is 33.7. The lowest BCUT2D eigenvalue weighted by Gasteiger charge is -2.06. The summed E-state index contributed by atoms with van der Waals surface area (Å²) < 4.78 is 11.8. The van der Waals surface area contributed by atoms with Gasteiger partial charge in [-0.3, -0.25) is 14.0 Å². The number of hydrogen-bond donors (Lipinski definition) is 0. The molecule has 4 aromatic rings. The van der Waals surface area contributed by atoms with Gasteiger partial charge in [-0.05, 0) is 30.0 Å².